The molecular weight excluding hydrogens is 475 g/mol. The molecule has 6 nitrogen and oxygen atoms in total. The monoisotopic (exact) mass is 518 g/mol. The van der Waals surface area contributed by atoms with Crippen molar-refractivity contribution in [3.8, 4) is 0 Å². The van der Waals surface area contributed by atoms with E-state index in [9.17, 15) is 9.59 Å². The maximum atomic E-state index is 15.2. The van der Waals surface area contributed by atoms with E-state index in [1.807, 2.05) is 6.07 Å². The lowest BCUT2D eigenvalue weighted by Gasteiger charge is -2.28. The molecular formula is C30H43FO6. The molecule has 1 aromatic carbocycles. The van der Waals surface area contributed by atoms with Crippen LogP contribution in [0.25, 0.3) is 0 Å². The van der Waals surface area contributed by atoms with E-state index in [1.165, 1.54) is 57.4 Å². The molecule has 0 aliphatic heterocycles. The molecule has 1 aromatic rings. The van der Waals surface area contributed by atoms with Crippen LogP contribution in [0.15, 0.2) is 42.5 Å². The van der Waals surface area contributed by atoms with Crippen molar-refractivity contribution in [2.24, 2.45) is 11.8 Å². The van der Waals surface area contributed by atoms with Crippen LogP contribution in [0.2, 0.25) is 0 Å². The number of hydrogen-bond donors (Lipinski definition) is 2. The van der Waals surface area contributed by atoms with Crippen LogP contribution in [-0.4, -0.2) is 48.6 Å². The fraction of sp³-hybridized carbons (Fsp3) is 0.600. The first kappa shape index (κ1) is 30.7. The summed E-state index contributed by atoms with van der Waals surface area (Å²) in [4.78, 5) is 23.9. The third-order valence-corrected chi connectivity index (χ3v) is 7.32. The van der Waals surface area contributed by atoms with Gasteiger partial charge >= 0.3 is 11.9 Å². The van der Waals surface area contributed by atoms with E-state index in [4.69, 9.17) is 19.7 Å². The topological polar surface area (TPSA) is 93.1 Å². The Kier molecular flexibility index (Phi) is 13.6. The number of rotatable bonds is 16. The van der Waals surface area contributed by atoms with Crippen molar-refractivity contribution >= 4 is 11.9 Å². The molecule has 2 N–H and O–H groups in total. The maximum absolute atomic E-state index is 15.2. The quantitative estimate of drug-likeness (QED) is 0.173. The number of esters is 2. The normalized spacial score (nSPS) is 17.4. The molecule has 206 valence electrons. The van der Waals surface area contributed by atoms with Gasteiger partial charge in [0.1, 0.15) is 19.0 Å². The molecule has 7 heteroatoms. The predicted molar refractivity (Wildman–Crippen MR) is 141 cm³/mol. The Bertz CT molecular complexity index is 871. The molecule has 0 aromatic heterocycles. The van der Waals surface area contributed by atoms with Gasteiger partial charge in [-0.1, -0.05) is 83.6 Å². The van der Waals surface area contributed by atoms with E-state index in [2.05, 4.69) is 20.1 Å². The molecule has 0 heterocycles. The predicted octanol–water partition coefficient (Wildman–Crippen LogP) is 5.41. The SMILES string of the molecule is C=C(CO)C(=O)OCC(COC(=O)C(=C)CO)c1ccc(CCC2CCC(CCCCC)CC2)cc1F. The van der Waals surface area contributed by atoms with Crippen LogP contribution in [0.5, 0.6) is 0 Å². The third-order valence-electron chi connectivity index (χ3n) is 7.32. The van der Waals surface area contributed by atoms with Gasteiger partial charge in [-0.25, -0.2) is 14.0 Å². The van der Waals surface area contributed by atoms with Crippen LogP contribution in [0.4, 0.5) is 4.39 Å². The molecule has 0 amide bonds. The summed E-state index contributed by atoms with van der Waals surface area (Å²) < 4.78 is 25.5. The van der Waals surface area contributed by atoms with Gasteiger partial charge in [0.05, 0.1) is 30.3 Å². The largest absolute Gasteiger partial charge is 0.461 e. The highest BCUT2D eigenvalue weighted by Crippen LogP contribution is 2.34. The van der Waals surface area contributed by atoms with E-state index >= 15 is 4.39 Å². The highest BCUT2D eigenvalue weighted by Gasteiger charge is 2.23. The van der Waals surface area contributed by atoms with Crippen molar-refractivity contribution in [3.63, 3.8) is 0 Å². The summed E-state index contributed by atoms with van der Waals surface area (Å²) in [6.07, 6.45) is 12.2. The standard InChI is InChI=1S/C30H43FO6/c1-4-5-6-7-23-8-10-24(11-9-23)12-13-25-14-15-27(28(31)16-25)26(19-36-29(34)21(2)17-32)20-37-30(35)22(3)18-33/h14-16,23-24,26,32-33H,2-13,17-20H2,1H3. The maximum Gasteiger partial charge on any atom is 0.335 e. The summed E-state index contributed by atoms with van der Waals surface area (Å²) in [5.41, 5.74) is 0.896. The van der Waals surface area contributed by atoms with Crippen molar-refractivity contribution in [1.82, 2.24) is 0 Å². The summed E-state index contributed by atoms with van der Waals surface area (Å²) in [6, 6.07) is 5.01. The van der Waals surface area contributed by atoms with E-state index in [-0.39, 0.29) is 29.9 Å². The van der Waals surface area contributed by atoms with Gasteiger partial charge in [-0.05, 0) is 41.9 Å². The molecule has 1 saturated carbocycles. The van der Waals surface area contributed by atoms with Gasteiger partial charge in [-0.3, -0.25) is 0 Å². The minimum atomic E-state index is -0.810. The minimum Gasteiger partial charge on any atom is -0.461 e. The molecule has 0 bridgehead atoms. The second-order valence-electron chi connectivity index (χ2n) is 10.2. The molecule has 0 saturated heterocycles. The molecule has 0 spiro atoms. The molecule has 1 aliphatic rings. The average Bonchev–Trinajstić information content (AvgIpc) is 2.91. The summed E-state index contributed by atoms with van der Waals surface area (Å²) >= 11 is 0. The van der Waals surface area contributed by atoms with Gasteiger partial charge in [0.15, 0.2) is 0 Å². The average molecular weight is 519 g/mol. The number of hydrogen-bond acceptors (Lipinski definition) is 6. The fourth-order valence-electron chi connectivity index (χ4n) is 4.83. The summed E-state index contributed by atoms with van der Waals surface area (Å²) in [5, 5.41) is 18.1. The Morgan fingerprint density at radius 3 is 1.97 bits per heavy atom. The first-order valence-electron chi connectivity index (χ1n) is 13.5. The molecule has 1 aliphatic carbocycles. The first-order valence-corrected chi connectivity index (χ1v) is 13.5. The number of unbranched alkanes of at least 4 members (excludes halogenated alkanes) is 2. The van der Waals surface area contributed by atoms with E-state index in [0.29, 0.717) is 5.92 Å². The van der Waals surface area contributed by atoms with Crippen molar-refractivity contribution in [2.45, 2.75) is 77.0 Å². The zero-order valence-electron chi connectivity index (χ0n) is 22.2. The van der Waals surface area contributed by atoms with Crippen molar-refractivity contribution in [2.75, 3.05) is 26.4 Å². The number of aliphatic hydroxyl groups excluding tert-OH is 2. The Hall–Kier alpha value is -2.51. The lowest BCUT2D eigenvalue weighted by Crippen LogP contribution is -2.22. The molecule has 37 heavy (non-hydrogen) atoms. The highest BCUT2D eigenvalue weighted by atomic mass is 19.1. The number of carbonyl (C=O) groups is 2. The zero-order valence-corrected chi connectivity index (χ0v) is 22.2. The van der Waals surface area contributed by atoms with E-state index < -0.39 is 36.9 Å². The van der Waals surface area contributed by atoms with Crippen LogP contribution in [-0.2, 0) is 25.5 Å². The van der Waals surface area contributed by atoms with Gasteiger partial charge < -0.3 is 19.7 Å². The van der Waals surface area contributed by atoms with Crippen molar-refractivity contribution in [3.05, 3.63) is 59.4 Å². The summed E-state index contributed by atoms with van der Waals surface area (Å²) in [7, 11) is 0. The van der Waals surface area contributed by atoms with Crippen LogP contribution in [0, 0.1) is 17.7 Å². The van der Waals surface area contributed by atoms with Crippen molar-refractivity contribution < 1.29 is 33.7 Å². The van der Waals surface area contributed by atoms with E-state index in [1.54, 1.807) is 6.07 Å². The van der Waals surface area contributed by atoms with Crippen LogP contribution in [0.3, 0.4) is 0 Å². The first-order chi connectivity index (χ1) is 17.8. The summed E-state index contributed by atoms with van der Waals surface area (Å²) in [6.45, 7) is 7.42. The molecule has 2 rings (SSSR count). The van der Waals surface area contributed by atoms with Crippen LogP contribution < -0.4 is 0 Å². The number of halogens is 1. The Morgan fingerprint density at radius 1 is 0.946 bits per heavy atom. The minimum absolute atomic E-state index is 0.129. The van der Waals surface area contributed by atoms with E-state index in [0.717, 1.165) is 24.3 Å². The molecule has 1 fully saturated rings. The van der Waals surface area contributed by atoms with Crippen LogP contribution >= 0.6 is 0 Å². The van der Waals surface area contributed by atoms with Crippen molar-refractivity contribution in [1.29, 1.82) is 0 Å². The number of carbonyl (C=O) groups excluding carboxylic acids is 2. The molecule has 0 unspecified atom stereocenters. The van der Waals surface area contributed by atoms with Gasteiger partial charge in [-0.2, -0.15) is 0 Å². The number of aliphatic hydroxyl groups is 2. The highest BCUT2D eigenvalue weighted by molar-refractivity contribution is 5.88. The Labute approximate surface area is 220 Å². The molecule has 0 atom stereocenters. The fourth-order valence-corrected chi connectivity index (χ4v) is 4.83. The lowest BCUT2D eigenvalue weighted by atomic mass is 9.77. The van der Waals surface area contributed by atoms with Gasteiger partial charge in [0.2, 0.25) is 0 Å². The zero-order chi connectivity index (χ0) is 27.2. The number of aryl methyl sites for hydroxylation is 1. The number of ether oxygens (including phenoxy) is 2. The third kappa shape index (κ3) is 10.4. The smallest absolute Gasteiger partial charge is 0.335 e. The second-order valence-corrected chi connectivity index (χ2v) is 10.2. The lowest BCUT2D eigenvalue weighted by molar-refractivity contribution is -0.143. The Balaban J connectivity index is 1.97. The summed E-state index contributed by atoms with van der Waals surface area (Å²) in [5.74, 6) is -1.31. The second kappa shape index (κ2) is 16.4. The molecule has 0 radical (unpaired) electrons. The number of benzene rings is 1. The van der Waals surface area contributed by atoms with Crippen LogP contribution in [0.1, 0.15) is 81.8 Å². The van der Waals surface area contributed by atoms with Gasteiger partial charge in [-0.15, -0.1) is 0 Å². The van der Waals surface area contributed by atoms with Gasteiger partial charge in [0.25, 0.3) is 0 Å². The Morgan fingerprint density at radius 2 is 1.49 bits per heavy atom. The van der Waals surface area contributed by atoms with Gasteiger partial charge in [0, 0.05) is 0 Å².